The largest absolute Gasteiger partial charge is 0.383 e. The first-order valence-electron chi connectivity index (χ1n) is 4.81. The van der Waals surface area contributed by atoms with Gasteiger partial charge in [0, 0.05) is 11.6 Å². The lowest BCUT2D eigenvalue weighted by Gasteiger charge is -2.14. The van der Waals surface area contributed by atoms with Gasteiger partial charge in [-0.05, 0) is 12.1 Å². The van der Waals surface area contributed by atoms with Crippen molar-refractivity contribution in [2.24, 2.45) is 5.92 Å². The van der Waals surface area contributed by atoms with Crippen LogP contribution in [0, 0.1) is 5.92 Å². The maximum atomic E-state index is 11.5. The van der Waals surface area contributed by atoms with Crippen molar-refractivity contribution in [3.05, 3.63) is 43.0 Å². The summed E-state index contributed by atoms with van der Waals surface area (Å²) in [6.45, 7) is 5.27. The van der Waals surface area contributed by atoms with Crippen LogP contribution in [0.15, 0.2) is 43.0 Å². The average molecular weight is 205 g/mol. The molecule has 3 nitrogen and oxygen atoms in total. The average Bonchev–Trinajstić information content (AvgIpc) is 2.28. The molecule has 0 aliphatic rings. The molecule has 15 heavy (non-hydrogen) atoms. The van der Waals surface area contributed by atoms with Crippen LogP contribution in [0.2, 0.25) is 0 Å². The summed E-state index contributed by atoms with van der Waals surface area (Å²) in [5.74, 6) is -0.665. The molecule has 80 valence electrons. The number of aliphatic hydroxyl groups is 1. The van der Waals surface area contributed by atoms with Crippen molar-refractivity contribution in [2.45, 2.75) is 13.0 Å². The molecule has 0 unspecified atom stereocenters. The second kappa shape index (κ2) is 5.32. The van der Waals surface area contributed by atoms with Crippen LogP contribution in [-0.2, 0) is 4.79 Å². The summed E-state index contributed by atoms with van der Waals surface area (Å²) in [6, 6.07) is 9.03. The molecule has 0 saturated carbocycles. The third-order valence-corrected chi connectivity index (χ3v) is 2.18. The van der Waals surface area contributed by atoms with Crippen LogP contribution in [0.25, 0.3) is 0 Å². The number of anilines is 1. The summed E-state index contributed by atoms with van der Waals surface area (Å²) in [5.41, 5.74) is 0.679. The Bertz CT molecular complexity index is 335. The number of aliphatic hydroxyl groups excluding tert-OH is 1. The molecule has 0 radical (unpaired) electrons. The lowest BCUT2D eigenvalue weighted by molar-refractivity contribution is -0.125. The van der Waals surface area contributed by atoms with Gasteiger partial charge in [0.1, 0.15) is 6.10 Å². The maximum Gasteiger partial charge on any atom is 0.253 e. The zero-order valence-electron chi connectivity index (χ0n) is 8.68. The number of hydrogen-bond donors (Lipinski definition) is 2. The van der Waals surface area contributed by atoms with E-state index in [0.29, 0.717) is 5.69 Å². The standard InChI is InChI=1S/C12H15NO2/c1-3-9(2)11(14)12(15)13-10-7-5-4-6-8-10/h3-9,11,14H,1H2,2H3,(H,13,15)/t9-,11-/m0/s1. The fraction of sp³-hybridized carbons (Fsp3) is 0.250. The molecule has 0 saturated heterocycles. The van der Waals surface area contributed by atoms with Crippen molar-refractivity contribution in [2.75, 3.05) is 5.32 Å². The van der Waals surface area contributed by atoms with E-state index < -0.39 is 12.0 Å². The van der Waals surface area contributed by atoms with Crippen LogP contribution in [0.3, 0.4) is 0 Å². The summed E-state index contributed by atoms with van der Waals surface area (Å²) < 4.78 is 0. The molecule has 0 bridgehead atoms. The molecule has 1 aromatic carbocycles. The van der Waals surface area contributed by atoms with Gasteiger partial charge in [0.25, 0.3) is 5.91 Å². The van der Waals surface area contributed by atoms with Crippen molar-refractivity contribution < 1.29 is 9.90 Å². The fourth-order valence-corrected chi connectivity index (χ4v) is 1.11. The Morgan fingerprint density at radius 1 is 1.47 bits per heavy atom. The van der Waals surface area contributed by atoms with Gasteiger partial charge in [-0.3, -0.25) is 4.79 Å². The highest BCUT2D eigenvalue weighted by atomic mass is 16.3. The third kappa shape index (κ3) is 3.22. The molecular weight excluding hydrogens is 190 g/mol. The Hall–Kier alpha value is -1.61. The van der Waals surface area contributed by atoms with Gasteiger partial charge in [-0.15, -0.1) is 6.58 Å². The number of nitrogens with one attached hydrogen (secondary N) is 1. The zero-order chi connectivity index (χ0) is 11.3. The topological polar surface area (TPSA) is 49.3 Å². The summed E-state index contributed by atoms with van der Waals surface area (Å²) in [7, 11) is 0. The number of rotatable bonds is 4. The Kier molecular flexibility index (Phi) is 4.06. The third-order valence-electron chi connectivity index (χ3n) is 2.18. The van der Waals surface area contributed by atoms with E-state index >= 15 is 0 Å². The molecule has 3 heteroatoms. The van der Waals surface area contributed by atoms with Gasteiger partial charge in [0.05, 0.1) is 0 Å². The Labute approximate surface area is 89.4 Å². The molecule has 1 amide bonds. The van der Waals surface area contributed by atoms with Gasteiger partial charge in [-0.2, -0.15) is 0 Å². The summed E-state index contributed by atoms with van der Waals surface area (Å²) >= 11 is 0. The van der Waals surface area contributed by atoms with Gasteiger partial charge in [-0.1, -0.05) is 31.2 Å². The minimum atomic E-state index is -1.05. The van der Waals surface area contributed by atoms with Crippen molar-refractivity contribution >= 4 is 11.6 Å². The minimum Gasteiger partial charge on any atom is -0.383 e. The van der Waals surface area contributed by atoms with Gasteiger partial charge in [-0.25, -0.2) is 0 Å². The summed E-state index contributed by atoms with van der Waals surface area (Å²) in [5, 5.41) is 12.2. The maximum absolute atomic E-state index is 11.5. The first-order chi connectivity index (χ1) is 7.15. The number of carbonyl (C=O) groups is 1. The van der Waals surface area contributed by atoms with Crippen LogP contribution in [-0.4, -0.2) is 17.1 Å². The smallest absolute Gasteiger partial charge is 0.253 e. The summed E-state index contributed by atoms with van der Waals surface area (Å²) in [4.78, 5) is 11.5. The molecule has 0 heterocycles. The lowest BCUT2D eigenvalue weighted by atomic mass is 10.0. The highest BCUT2D eigenvalue weighted by Gasteiger charge is 2.19. The molecule has 0 aliphatic carbocycles. The van der Waals surface area contributed by atoms with Gasteiger partial charge in [0.15, 0.2) is 0 Å². The SMILES string of the molecule is C=C[C@H](C)[C@H](O)C(=O)Nc1ccccc1. The van der Waals surface area contributed by atoms with E-state index in [1.807, 2.05) is 18.2 Å². The van der Waals surface area contributed by atoms with Gasteiger partial charge >= 0.3 is 0 Å². The van der Waals surface area contributed by atoms with Crippen LogP contribution in [0.1, 0.15) is 6.92 Å². The molecule has 1 rings (SSSR count). The summed E-state index contributed by atoms with van der Waals surface area (Å²) in [6.07, 6.45) is 0.498. The van der Waals surface area contributed by atoms with E-state index in [1.165, 1.54) is 0 Å². The van der Waals surface area contributed by atoms with E-state index in [2.05, 4.69) is 11.9 Å². The Morgan fingerprint density at radius 2 is 2.07 bits per heavy atom. The van der Waals surface area contributed by atoms with Crippen LogP contribution >= 0.6 is 0 Å². The molecule has 0 aromatic heterocycles. The van der Waals surface area contributed by atoms with Gasteiger partial charge < -0.3 is 10.4 Å². The second-order valence-electron chi connectivity index (χ2n) is 3.39. The van der Waals surface area contributed by atoms with Crippen molar-refractivity contribution in [3.63, 3.8) is 0 Å². The number of carbonyl (C=O) groups excluding carboxylic acids is 1. The lowest BCUT2D eigenvalue weighted by Crippen LogP contribution is -2.32. The van der Waals surface area contributed by atoms with E-state index in [9.17, 15) is 9.90 Å². The fourth-order valence-electron chi connectivity index (χ4n) is 1.11. The highest BCUT2D eigenvalue weighted by Crippen LogP contribution is 2.09. The monoisotopic (exact) mass is 205 g/mol. The molecule has 0 spiro atoms. The van der Waals surface area contributed by atoms with Crippen molar-refractivity contribution in [1.82, 2.24) is 0 Å². The van der Waals surface area contributed by atoms with E-state index in [1.54, 1.807) is 25.1 Å². The normalized spacial score (nSPS) is 14.0. The van der Waals surface area contributed by atoms with Crippen LogP contribution in [0.5, 0.6) is 0 Å². The number of amides is 1. The quantitative estimate of drug-likeness (QED) is 0.736. The van der Waals surface area contributed by atoms with Crippen LogP contribution < -0.4 is 5.32 Å². The molecule has 1 aromatic rings. The minimum absolute atomic E-state index is 0.256. The van der Waals surface area contributed by atoms with Crippen molar-refractivity contribution in [1.29, 1.82) is 0 Å². The number of hydrogen-bond acceptors (Lipinski definition) is 2. The van der Waals surface area contributed by atoms with E-state index in [4.69, 9.17) is 0 Å². The van der Waals surface area contributed by atoms with Crippen molar-refractivity contribution in [3.8, 4) is 0 Å². The first-order valence-corrected chi connectivity index (χ1v) is 4.81. The molecule has 2 atom stereocenters. The van der Waals surface area contributed by atoms with E-state index in [0.717, 1.165) is 0 Å². The Morgan fingerprint density at radius 3 is 2.60 bits per heavy atom. The second-order valence-corrected chi connectivity index (χ2v) is 3.39. The number of benzene rings is 1. The Balaban J connectivity index is 2.60. The van der Waals surface area contributed by atoms with Crippen LogP contribution in [0.4, 0.5) is 5.69 Å². The zero-order valence-corrected chi connectivity index (χ0v) is 8.68. The molecule has 0 fully saturated rings. The van der Waals surface area contributed by atoms with Gasteiger partial charge in [0.2, 0.25) is 0 Å². The van der Waals surface area contributed by atoms with E-state index in [-0.39, 0.29) is 5.92 Å². The molecule has 0 aliphatic heterocycles. The molecular formula is C12H15NO2. The predicted octanol–water partition coefficient (Wildman–Crippen LogP) is 1.81. The first kappa shape index (κ1) is 11.5. The number of para-hydroxylation sites is 1. The highest BCUT2D eigenvalue weighted by molar-refractivity contribution is 5.94. The predicted molar refractivity (Wildman–Crippen MR) is 60.4 cm³/mol. The molecule has 2 N–H and O–H groups in total.